The predicted octanol–water partition coefficient (Wildman–Crippen LogP) is 0.158. The van der Waals surface area contributed by atoms with Gasteiger partial charge in [-0.05, 0) is 5.56 Å². The molecule has 118 valence electrons. The fourth-order valence-corrected chi connectivity index (χ4v) is 1.47. The van der Waals surface area contributed by atoms with Crippen LogP contribution in [0.3, 0.4) is 0 Å². The smallest absolute Gasteiger partial charge is 0.241 e. The predicted molar refractivity (Wildman–Crippen MR) is 83.0 cm³/mol. The van der Waals surface area contributed by atoms with E-state index in [1.54, 1.807) is 7.05 Å². The van der Waals surface area contributed by atoms with Gasteiger partial charge in [0.15, 0.2) is 0 Å². The summed E-state index contributed by atoms with van der Waals surface area (Å²) in [6, 6.07) is 9.82. The fraction of sp³-hybridized carbons (Fsp3) is 0.429. The highest BCUT2D eigenvalue weighted by Gasteiger charge is 2.09. The van der Waals surface area contributed by atoms with E-state index >= 15 is 0 Å². The van der Waals surface area contributed by atoms with E-state index in [2.05, 4.69) is 5.32 Å². The molecule has 1 aromatic carbocycles. The number of nitrogens with two attached hydrogens (primary N) is 1. The van der Waals surface area contributed by atoms with E-state index in [0.29, 0.717) is 19.8 Å². The molecule has 0 saturated heterocycles. The van der Waals surface area contributed by atoms with E-state index in [0.717, 1.165) is 5.56 Å². The van der Waals surface area contributed by atoms with Crippen LogP contribution in [-0.4, -0.2) is 50.0 Å². The second-order valence-electron chi connectivity index (χ2n) is 4.33. The van der Waals surface area contributed by atoms with Crippen LogP contribution in [-0.2, 0) is 20.9 Å². The highest BCUT2D eigenvalue weighted by molar-refractivity contribution is 5.85. The summed E-state index contributed by atoms with van der Waals surface area (Å²) in [5.74, 6) is -0.512. The van der Waals surface area contributed by atoms with Crippen molar-refractivity contribution >= 4 is 24.2 Å². The van der Waals surface area contributed by atoms with Gasteiger partial charge < -0.3 is 20.7 Å². The van der Waals surface area contributed by atoms with Crippen LogP contribution >= 0.6 is 12.4 Å². The third-order valence-electron chi connectivity index (χ3n) is 2.73. The van der Waals surface area contributed by atoms with Gasteiger partial charge in [-0.1, -0.05) is 30.3 Å². The minimum atomic E-state index is -0.341. The van der Waals surface area contributed by atoms with Gasteiger partial charge in [0, 0.05) is 13.6 Å². The van der Waals surface area contributed by atoms with Gasteiger partial charge in [-0.3, -0.25) is 9.59 Å². The molecular weight excluding hydrogens is 294 g/mol. The lowest BCUT2D eigenvalue weighted by Gasteiger charge is -2.17. The SMILES string of the molecule is CN(CCOCc1ccccc1)C(=O)CNC(=O)CN.Cl. The van der Waals surface area contributed by atoms with E-state index in [4.69, 9.17) is 10.5 Å². The van der Waals surface area contributed by atoms with Crippen molar-refractivity contribution in [1.82, 2.24) is 10.2 Å². The maximum atomic E-state index is 11.6. The number of carbonyl (C=O) groups excluding carboxylic acids is 2. The first-order chi connectivity index (χ1) is 9.63. The van der Waals surface area contributed by atoms with Crippen LogP contribution in [0.4, 0.5) is 0 Å². The number of hydrogen-bond donors (Lipinski definition) is 2. The molecule has 0 heterocycles. The molecule has 0 saturated carbocycles. The van der Waals surface area contributed by atoms with Gasteiger partial charge >= 0.3 is 0 Å². The van der Waals surface area contributed by atoms with Crippen LogP contribution in [0.15, 0.2) is 30.3 Å². The van der Waals surface area contributed by atoms with Crippen molar-refractivity contribution in [3.63, 3.8) is 0 Å². The quantitative estimate of drug-likeness (QED) is 0.669. The van der Waals surface area contributed by atoms with Crippen LogP contribution in [0, 0.1) is 0 Å². The van der Waals surface area contributed by atoms with E-state index < -0.39 is 0 Å². The molecule has 7 heteroatoms. The lowest BCUT2D eigenvalue weighted by atomic mass is 10.2. The Kier molecular flexibility index (Phi) is 10.2. The first-order valence-electron chi connectivity index (χ1n) is 6.46. The fourth-order valence-electron chi connectivity index (χ4n) is 1.47. The van der Waals surface area contributed by atoms with Crippen molar-refractivity contribution in [2.45, 2.75) is 6.61 Å². The number of rotatable bonds is 8. The van der Waals surface area contributed by atoms with Crippen LogP contribution in [0.25, 0.3) is 0 Å². The molecule has 1 rings (SSSR count). The highest BCUT2D eigenvalue weighted by Crippen LogP contribution is 2.00. The van der Waals surface area contributed by atoms with Crippen molar-refractivity contribution in [3.8, 4) is 0 Å². The Balaban J connectivity index is 0.00000400. The molecule has 0 aromatic heterocycles. The molecule has 0 aliphatic heterocycles. The van der Waals surface area contributed by atoms with Gasteiger partial charge in [-0.25, -0.2) is 0 Å². The van der Waals surface area contributed by atoms with Crippen LogP contribution in [0.2, 0.25) is 0 Å². The Morgan fingerprint density at radius 2 is 1.95 bits per heavy atom. The van der Waals surface area contributed by atoms with Crippen molar-refractivity contribution in [1.29, 1.82) is 0 Å². The molecule has 3 N–H and O–H groups in total. The van der Waals surface area contributed by atoms with Crippen LogP contribution < -0.4 is 11.1 Å². The number of carbonyl (C=O) groups is 2. The summed E-state index contributed by atoms with van der Waals surface area (Å²) in [5, 5.41) is 2.43. The lowest BCUT2D eigenvalue weighted by Crippen LogP contribution is -2.41. The number of halogens is 1. The van der Waals surface area contributed by atoms with E-state index in [1.165, 1.54) is 4.90 Å². The van der Waals surface area contributed by atoms with Crippen molar-refractivity contribution in [3.05, 3.63) is 35.9 Å². The maximum Gasteiger partial charge on any atom is 0.241 e. The van der Waals surface area contributed by atoms with Crippen molar-refractivity contribution in [2.75, 3.05) is 33.3 Å². The van der Waals surface area contributed by atoms with E-state index in [9.17, 15) is 9.59 Å². The Labute approximate surface area is 131 Å². The van der Waals surface area contributed by atoms with E-state index in [1.807, 2.05) is 30.3 Å². The lowest BCUT2D eigenvalue weighted by molar-refractivity contribution is -0.132. The number of hydrogen-bond acceptors (Lipinski definition) is 4. The monoisotopic (exact) mass is 315 g/mol. The van der Waals surface area contributed by atoms with Crippen molar-refractivity contribution in [2.24, 2.45) is 5.73 Å². The average molecular weight is 316 g/mol. The Hall–Kier alpha value is -1.63. The maximum absolute atomic E-state index is 11.6. The number of amides is 2. The largest absolute Gasteiger partial charge is 0.375 e. The summed E-state index contributed by atoms with van der Waals surface area (Å²) in [4.78, 5) is 24.1. The molecule has 0 unspecified atom stereocenters. The molecule has 0 fully saturated rings. The Morgan fingerprint density at radius 3 is 2.57 bits per heavy atom. The molecule has 6 nitrogen and oxygen atoms in total. The van der Waals surface area contributed by atoms with Crippen molar-refractivity contribution < 1.29 is 14.3 Å². The summed E-state index contributed by atoms with van der Waals surface area (Å²) in [7, 11) is 1.67. The van der Waals surface area contributed by atoms with E-state index in [-0.39, 0.29) is 37.3 Å². The number of nitrogens with zero attached hydrogens (tertiary/aromatic N) is 1. The summed E-state index contributed by atoms with van der Waals surface area (Å²) >= 11 is 0. The first-order valence-corrected chi connectivity index (χ1v) is 6.46. The average Bonchev–Trinajstić information content (AvgIpc) is 2.49. The zero-order valence-electron chi connectivity index (χ0n) is 12.1. The molecule has 0 aliphatic rings. The molecular formula is C14H22ClN3O3. The standard InChI is InChI=1S/C14H21N3O3.ClH/c1-17(14(19)10-16-13(18)9-15)7-8-20-11-12-5-3-2-4-6-12;/h2-6H,7-11,15H2,1H3,(H,16,18);1H. The summed E-state index contributed by atoms with van der Waals surface area (Å²) < 4.78 is 5.49. The topological polar surface area (TPSA) is 84.7 Å². The third kappa shape index (κ3) is 8.29. The van der Waals surface area contributed by atoms with Gasteiger partial charge in [-0.15, -0.1) is 12.4 Å². The molecule has 0 atom stereocenters. The van der Waals surface area contributed by atoms with Gasteiger partial charge in [0.1, 0.15) is 0 Å². The van der Waals surface area contributed by atoms with Gasteiger partial charge in [-0.2, -0.15) is 0 Å². The zero-order chi connectivity index (χ0) is 14.8. The molecule has 21 heavy (non-hydrogen) atoms. The summed E-state index contributed by atoms with van der Waals surface area (Å²) in [6.45, 7) is 1.29. The zero-order valence-corrected chi connectivity index (χ0v) is 12.9. The second kappa shape index (κ2) is 11.1. The molecule has 0 spiro atoms. The summed E-state index contributed by atoms with van der Waals surface area (Å²) in [5.41, 5.74) is 6.23. The molecule has 0 radical (unpaired) electrons. The van der Waals surface area contributed by atoms with Gasteiger partial charge in [0.2, 0.25) is 11.8 Å². The first kappa shape index (κ1) is 19.4. The Bertz CT molecular complexity index is 429. The summed E-state index contributed by atoms with van der Waals surface area (Å²) in [6.07, 6.45) is 0. The second-order valence-corrected chi connectivity index (χ2v) is 4.33. The molecule has 0 bridgehead atoms. The molecule has 1 aromatic rings. The Morgan fingerprint density at radius 1 is 1.29 bits per heavy atom. The van der Waals surface area contributed by atoms with Gasteiger partial charge in [0.05, 0.1) is 26.3 Å². The van der Waals surface area contributed by atoms with Gasteiger partial charge in [0.25, 0.3) is 0 Å². The number of likely N-dealkylation sites (N-methyl/N-ethyl adjacent to an activating group) is 1. The molecule has 2 amide bonds. The third-order valence-corrected chi connectivity index (χ3v) is 2.73. The van der Waals surface area contributed by atoms with Crippen LogP contribution in [0.1, 0.15) is 5.56 Å². The number of benzene rings is 1. The minimum Gasteiger partial charge on any atom is -0.375 e. The minimum absolute atomic E-state index is 0. The normalized spacial score (nSPS) is 9.62. The van der Waals surface area contributed by atoms with Crippen LogP contribution in [0.5, 0.6) is 0 Å². The molecule has 0 aliphatic carbocycles. The highest BCUT2D eigenvalue weighted by atomic mass is 35.5. The number of ether oxygens (including phenoxy) is 1. The number of nitrogens with one attached hydrogen (secondary N) is 1.